The molecule has 0 atom stereocenters. The Morgan fingerprint density at radius 2 is 2.10 bits per heavy atom. The molecule has 0 aliphatic heterocycles. The average Bonchev–Trinajstić information content (AvgIpc) is 3.19. The van der Waals surface area contributed by atoms with Crippen molar-refractivity contribution in [3.8, 4) is 0 Å². The number of hydrogen-bond acceptors (Lipinski definition) is 4. The summed E-state index contributed by atoms with van der Waals surface area (Å²) in [5.41, 5.74) is 6.01. The lowest BCUT2D eigenvalue weighted by atomic mass is 10.1. The summed E-state index contributed by atoms with van der Waals surface area (Å²) < 4.78 is 45.9. The fourth-order valence-corrected chi connectivity index (χ4v) is 3.69. The van der Waals surface area contributed by atoms with E-state index in [1.807, 2.05) is 0 Å². The van der Waals surface area contributed by atoms with Crippen molar-refractivity contribution in [2.75, 3.05) is 25.5 Å². The molecule has 5 nitrogen and oxygen atoms in total. The molecule has 118 valence electrons. The van der Waals surface area contributed by atoms with Crippen molar-refractivity contribution in [3.63, 3.8) is 0 Å². The summed E-state index contributed by atoms with van der Waals surface area (Å²) in [6.07, 6.45) is 2.39. The fourth-order valence-electron chi connectivity index (χ4n) is 2.20. The molecule has 0 amide bonds. The van der Waals surface area contributed by atoms with E-state index in [2.05, 4.69) is 4.72 Å². The highest BCUT2D eigenvalue weighted by Crippen LogP contribution is 2.29. The van der Waals surface area contributed by atoms with Crippen LogP contribution in [0.3, 0.4) is 0 Å². The molecule has 1 aromatic carbocycles. The predicted molar refractivity (Wildman–Crippen MR) is 79.0 cm³/mol. The van der Waals surface area contributed by atoms with Gasteiger partial charge in [0, 0.05) is 13.2 Å². The monoisotopic (exact) mass is 316 g/mol. The third kappa shape index (κ3) is 3.93. The van der Waals surface area contributed by atoms with Gasteiger partial charge in [-0.05, 0) is 49.8 Å². The van der Waals surface area contributed by atoms with Crippen LogP contribution in [0.2, 0.25) is 0 Å². The Morgan fingerprint density at radius 1 is 1.43 bits per heavy atom. The average molecular weight is 316 g/mol. The second-order valence-electron chi connectivity index (χ2n) is 5.46. The summed E-state index contributed by atoms with van der Waals surface area (Å²) in [7, 11) is -3.72. The van der Waals surface area contributed by atoms with Crippen LogP contribution in [0.25, 0.3) is 0 Å². The lowest BCUT2D eigenvalue weighted by molar-refractivity contribution is 0.129. The van der Waals surface area contributed by atoms with E-state index in [0.29, 0.717) is 24.7 Å². The maximum atomic E-state index is 13.5. The molecule has 0 bridgehead atoms. The van der Waals surface area contributed by atoms with Gasteiger partial charge in [-0.3, -0.25) is 0 Å². The van der Waals surface area contributed by atoms with E-state index in [0.717, 1.165) is 6.07 Å². The lowest BCUT2D eigenvalue weighted by Crippen LogP contribution is -2.29. The van der Waals surface area contributed by atoms with Gasteiger partial charge < -0.3 is 10.5 Å². The number of ether oxygens (including phenoxy) is 1. The zero-order chi connectivity index (χ0) is 15.6. The number of nitrogen functional groups attached to an aromatic ring is 1. The first-order valence-electron chi connectivity index (χ1n) is 6.95. The zero-order valence-corrected chi connectivity index (χ0v) is 13.1. The highest BCUT2D eigenvalue weighted by Gasteiger charge is 2.23. The van der Waals surface area contributed by atoms with Gasteiger partial charge in [-0.25, -0.2) is 17.5 Å². The molecule has 0 unspecified atom stereocenters. The van der Waals surface area contributed by atoms with Crippen LogP contribution in [0.15, 0.2) is 11.0 Å². The maximum absolute atomic E-state index is 13.5. The van der Waals surface area contributed by atoms with Gasteiger partial charge in [0.25, 0.3) is 0 Å². The number of sulfonamides is 1. The van der Waals surface area contributed by atoms with Crippen molar-refractivity contribution in [1.82, 2.24) is 4.72 Å². The Labute approximate surface area is 124 Å². The van der Waals surface area contributed by atoms with Crippen LogP contribution in [0.5, 0.6) is 0 Å². The number of hydrogen-bond donors (Lipinski definition) is 2. The Balaban J connectivity index is 2.03. The van der Waals surface area contributed by atoms with Crippen LogP contribution >= 0.6 is 0 Å². The molecule has 7 heteroatoms. The van der Waals surface area contributed by atoms with Crippen molar-refractivity contribution >= 4 is 15.7 Å². The first kappa shape index (κ1) is 16.2. The van der Waals surface area contributed by atoms with Crippen LogP contribution in [-0.4, -0.2) is 28.2 Å². The molecule has 0 saturated heterocycles. The van der Waals surface area contributed by atoms with Crippen molar-refractivity contribution in [2.24, 2.45) is 5.92 Å². The van der Waals surface area contributed by atoms with Gasteiger partial charge in [0.2, 0.25) is 10.0 Å². The topological polar surface area (TPSA) is 81.4 Å². The Hall–Kier alpha value is -1.18. The SMILES string of the molecule is Cc1cc(F)c(N)c(C)c1S(=O)(=O)NCCOCC1CC1. The third-order valence-corrected chi connectivity index (χ3v) is 5.31. The zero-order valence-electron chi connectivity index (χ0n) is 12.3. The second kappa shape index (κ2) is 6.29. The van der Waals surface area contributed by atoms with E-state index in [1.165, 1.54) is 19.8 Å². The Bertz CT molecular complexity index is 628. The minimum atomic E-state index is -3.72. The number of anilines is 1. The van der Waals surface area contributed by atoms with Crippen molar-refractivity contribution < 1.29 is 17.5 Å². The van der Waals surface area contributed by atoms with Crippen LogP contribution in [-0.2, 0) is 14.8 Å². The summed E-state index contributed by atoms with van der Waals surface area (Å²) in [6, 6.07) is 1.14. The fraction of sp³-hybridized carbons (Fsp3) is 0.571. The van der Waals surface area contributed by atoms with Crippen LogP contribution < -0.4 is 10.5 Å². The molecule has 1 aliphatic carbocycles. The van der Waals surface area contributed by atoms with Gasteiger partial charge >= 0.3 is 0 Å². The summed E-state index contributed by atoms with van der Waals surface area (Å²) >= 11 is 0. The molecule has 3 N–H and O–H groups in total. The number of nitrogens with two attached hydrogens (primary N) is 1. The summed E-state index contributed by atoms with van der Waals surface area (Å²) in [5.74, 6) is 0.0414. The first-order valence-corrected chi connectivity index (χ1v) is 8.44. The Kier molecular flexibility index (Phi) is 4.85. The normalized spacial score (nSPS) is 15.4. The van der Waals surface area contributed by atoms with E-state index in [-0.39, 0.29) is 22.7 Å². The number of rotatable bonds is 7. The highest BCUT2D eigenvalue weighted by atomic mass is 32.2. The molecule has 1 aliphatic rings. The summed E-state index contributed by atoms with van der Waals surface area (Å²) in [4.78, 5) is 0.0450. The third-order valence-electron chi connectivity index (χ3n) is 3.56. The van der Waals surface area contributed by atoms with E-state index in [9.17, 15) is 12.8 Å². The number of benzene rings is 1. The lowest BCUT2D eigenvalue weighted by Gasteiger charge is -2.14. The molecule has 0 aromatic heterocycles. The smallest absolute Gasteiger partial charge is 0.241 e. The van der Waals surface area contributed by atoms with E-state index < -0.39 is 15.8 Å². The quantitative estimate of drug-likeness (QED) is 0.593. The molecular formula is C14H21FN2O3S. The van der Waals surface area contributed by atoms with Gasteiger partial charge in [-0.2, -0.15) is 0 Å². The summed E-state index contributed by atoms with van der Waals surface area (Å²) in [6.45, 7) is 4.25. The highest BCUT2D eigenvalue weighted by molar-refractivity contribution is 7.89. The molecule has 1 aromatic rings. The van der Waals surface area contributed by atoms with Gasteiger partial charge in [-0.1, -0.05) is 0 Å². The van der Waals surface area contributed by atoms with Crippen molar-refractivity contribution in [1.29, 1.82) is 0 Å². The van der Waals surface area contributed by atoms with E-state index in [4.69, 9.17) is 10.5 Å². The summed E-state index contributed by atoms with van der Waals surface area (Å²) in [5, 5.41) is 0. The standard InChI is InChI=1S/C14H21FN2O3S/c1-9-7-12(15)13(16)10(2)14(9)21(18,19)17-5-6-20-8-11-3-4-11/h7,11,17H,3-6,8,16H2,1-2H3. The van der Waals surface area contributed by atoms with Crippen LogP contribution in [0.1, 0.15) is 24.0 Å². The van der Waals surface area contributed by atoms with Crippen molar-refractivity contribution in [3.05, 3.63) is 23.0 Å². The van der Waals surface area contributed by atoms with Gasteiger partial charge in [0.05, 0.1) is 17.2 Å². The minimum Gasteiger partial charge on any atom is -0.396 e. The minimum absolute atomic E-state index is 0.0450. The van der Waals surface area contributed by atoms with Crippen LogP contribution in [0, 0.1) is 25.6 Å². The van der Waals surface area contributed by atoms with E-state index in [1.54, 1.807) is 6.92 Å². The second-order valence-corrected chi connectivity index (χ2v) is 7.16. The van der Waals surface area contributed by atoms with Gasteiger partial charge in [-0.15, -0.1) is 0 Å². The number of aryl methyl sites for hydroxylation is 1. The van der Waals surface area contributed by atoms with E-state index >= 15 is 0 Å². The van der Waals surface area contributed by atoms with Crippen molar-refractivity contribution in [2.45, 2.75) is 31.6 Å². The molecule has 0 radical (unpaired) electrons. The molecule has 1 saturated carbocycles. The van der Waals surface area contributed by atoms with Gasteiger partial charge in [0.15, 0.2) is 0 Å². The predicted octanol–water partition coefficient (Wildman–Crippen LogP) is 1.73. The maximum Gasteiger partial charge on any atom is 0.241 e. The Morgan fingerprint density at radius 3 is 2.71 bits per heavy atom. The largest absolute Gasteiger partial charge is 0.396 e. The molecule has 21 heavy (non-hydrogen) atoms. The number of halogens is 1. The number of nitrogens with one attached hydrogen (secondary N) is 1. The molecule has 1 fully saturated rings. The first-order chi connectivity index (χ1) is 9.83. The molecule has 2 rings (SSSR count). The van der Waals surface area contributed by atoms with Crippen LogP contribution in [0.4, 0.5) is 10.1 Å². The van der Waals surface area contributed by atoms with Gasteiger partial charge in [0.1, 0.15) is 5.82 Å². The molecule has 0 heterocycles. The molecular weight excluding hydrogens is 295 g/mol. The molecule has 0 spiro atoms.